The molecule has 0 fully saturated rings. The van der Waals surface area contributed by atoms with E-state index in [4.69, 9.17) is 4.98 Å². The molecule has 2 heteroatoms. The lowest BCUT2D eigenvalue weighted by Crippen LogP contribution is -2.14. The summed E-state index contributed by atoms with van der Waals surface area (Å²) in [5, 5.41) is 0. The van der Waals surface area contributed by atoms with E-state index in [1.165, 1.54) is 22.3 Å². The van der Waals surface area contributed by atoms with Gasteiger partial charge < -0.3 is 0 Å². The van der Waals surface area contributed by atoms with Crippen molar-refractivity contribution in [1.82, 2.24) is 9.97 Å². The van der Waals surface area contributed by atoms with Crippen LogP contribution in [-0.4, -0.2) is 9.97 Å². The number of hydrogen-bond acceptors (Lipinski definition) is 2. The third kappa shape index (κ3) is 2.56. The van der Waals surface area contributed by atoms with Gasteiger partial charge in [0.1, 0.15) is 0 Å². The van der Waals surface area contributed by atoms with E-state index in [0.29, 0.717) is 0 Å². The Morgan fingerprint density at radius 2 is 1.36 bits per heavy atom. The number of aromatic nitrogens is 2. The molecule has 0 spiro atoms. The summed E-state index contributed by atoms with van der Waals surface area (Å²) < 4.78 is 0. The van der Waals surface area contributed by atoms with E-state index in [0.717, 1.165) is 28.3 Å². The van der Waals surface area contributed by atoms with Crippen molar-refractivity contribution in [1.29, 1.82) is 0 Å². The monoisotopic (exact) mass is 362 g/mol. The minimum Gasteiger partial charge on any atom is -0.233 e. The minimum absolute atomic E-state index is 0.00767. The average molecular weight is 362 g/mol. The fourth-order valence-electron chi connectivity index (χ4n) is 4.30. The average Bonchev–Trinajstić information content (AvgIpc) is 2.95. The first kappa shape index (κ1) is 16.9. The van der Waals surface area contributed by atoms with E-state index < -0.39 is 0 Å². The molecule has 4 aromatic rings. The molecule has 0 saturated heterocycles. The van der Waals surface area contributed by atoms with Gasteiger partial charge in [-0.3, -0.25) is 0 Å². The number of hydrogen-bond donors (Lipinski definition) is 0. The van der Waals surface area contributed by atoms with E-state index in [-0.39, 0.29) is 5.41 Å². The summed E-state index contributed by atoms with van der Waals surface area (Å²) in [6.45, 7) is 6.65. The van der Waals surface area contributed by atoms with Crippen molar-refractivity contribution in [3.8, 4) is 33.8 Å². The molecule has 2 nitrogen and oxygen atoms in total. The van der Waals surface area contributed by atoms with Crippen molar-refractivity contribution in [2.45, 2.75) is 26.2 Å². The lowest BCUT2D eigenvalue weighted by Gasteiger charge is -2.22. The zero-order valence-corrected chi connectivity index (χ0v) is 16.4. The number of benzene rings is 3. The summed E-state index contributed by atoms with van der Waals surface area (Å²) >= 11 is 0. The Hall–Kier alpha value is -3.26. The van der Waals surface area contributed by atoms with E-state index in [2.05, 4.69) is 79.5 Å². The standard InChI is InChI=1S/C26H22N2/c1-17-15-24(28-25(27-17)18-9-5-4-6-10-18)19-13-14-21-20-11-7-8-12-22(20)26(2,3)23(21)16-19/h4-16H,1-3H3. The van der Waals surface area contributed by atoms with Crippen LogP contribution in [0.15, 0.2) is 78.9 Å². The van der Waals surface area contributed by atoms with E-state index in [1.54, 1.807) is 0 Å². The topological polar surface area (TPSA) is 25.8 Å². The molecule has 0 bridgehead atoms. The molecule has 0 aliphatic heterocycles. The zero-order chi connectivity index (χ0) is 19.3. The van der Waals surface area contributed by atoms with Crippen molar-refractivity contribution in [2.75, 3.05) is 0 Å². The maximum atomic E-state index is 4.89. The lowest BCUT2D eigenvalue weighted by molar-refractivity contribution is 0.660. The summed E-state index contributed by atoms with van der Waals surface area (Å²) in [6, 6.07) is 27.7. The first-order valence-corrected chi connectivity index (χ1v) is 9.70. The van der Waals surface area contributed by atoms with Gasteiger partial charge in [-0.15, -0.1) is 0 Å². The summed E-state index contributed by atoms with van der Waals surface area (Å²) in [5.41, 5.74) is 9.56. The maximum absolute atomic E-state index is 4.89. The fraction of sp³-hybridized carbons (Fsp3) is 0.154. The van der Waals surface area contributed by atoms with Crippen LogP contribution in [0, 0.1) is 6.92 Å². The van der Waals surface area contributed by atoms with Gasteiger partial charge in [-0.2, -0.15) is 0 Å². The van der Waals surface area contributed by atoms with Gasteiger partial charge in [0.15, 0.2) is 5.82 Å². The van der Waals surface area contributed by atoms with Crippen molar-refractivity contribution < 1.29 is 0 Å². The summed E-state index contributed by atoms with van der Waals surface area (Å²) in [6.07, 6.45) is 0. The molecule has 1 aliphatic carbocycles. The number of rotatable bonds is 2. The smallest absolute Gasteiger partial charge is 0.160 e. The first-order valence-electron chi connectivity index (χ1n) is 9.70. The van der Waals surface area contributed by atoms with Crippen LogP contribution >= 0.6 is 0 Å². The molecular weight excluding hydrogens is 340 g/mol. The quantitative estimate of drug-likeness (QED) is 0.411. The number of fused-ring (bicyclic) bond motifs is 3. The lowest BCUT2D eigenvalue weighted by atomic mass is 9.82. The Labute approximate surface area is 165 Å². The molecule has 0 saturated carbocycles. The molecule has 5 rings (SSSR count). The van der Waals surface area contributed by atoms with Gasteiger partial charge in [-0.25, -0.2) is 9.97 Å². The van der Waals surface area contributed by atoms with Crippen molar-refractivity contribution in [3.05, 3.63) is 95.7 Å². The number of nitrogens with zero attached hydrogens (tertiary/aromatic N) is 2. The molecule has 0 amide bonds. The third-order valence-electron chi connectivity index (χ3n) is 5.77. The molecule has 1 aromatic heterocycles. The van der Waals surface area contributed by atoms with Crippen molar-refractivity contribution >= 4 is 0 Å². The van der Waals surface area contributed by atoms with E-state index in [1.807, 2.05) is 25.1 Å². The van der Waals surface area contributed by atoms with Gasteiger partial charge >= 0.3 is 0 Å². The highest BCUT2D eigenvalue weighted by Gasteiger charge is 2.35. The van der Waals surface area contributed by atoms with Crippen LogP contribution < -0.4 is 0 Å². The molecule has 1 aliphatic rings. The predicted octanol–water partition coefficient (Wildman–Crippen LogP) is 6.43. The Balaban J connectivity index is 1.65. The van der Waals surface area contributed by atoms with Crippen molar-refractivity contribution in [3.63, 3.8) is 0 Å². The first-order chi connectivity index (χ1) is 13.5. The largest absolute Gasteiger partial charge is 0.233 e. The van der Waals surface area contributed by atoms with Crippen LogP contribution in [0.2, 0.25) is 0 Å². The Morgan fingerprint density at radius 3 is 2.18 bits per heavy atom. The van der Waals surface area contributed by atoms with Crippen LogP contribution in [-0.2, 0) is 5.41 Å². The molecule has 3 aromatic carbocycles. The molecule has 28 heavy (non-hydrogen) atoms. The van der Waals surface area contributed by atoms with Crippen LogP contribution in [0.4, 0.5) is 0 Å². The molecular formula is C26H22N2. The van der Waals surface area contributed by atoms with Crippen LogP contribution in [0.25, 0.3) is 33.8 Å². The van der Waals surface area contributed by atoms with Crippen molar-refractivity contribution in [2.24, 2.45) is 0 Å². The summed E-state index contributed by atoms with van der Waals surface area (Å²) in [4.78, 5) is 9.54. The minimum atomic E-state index is -0.00767. The highest BCUT2D eigenvalue weighted by molar-refractivity contribution is 5.83. The molecule has 0 unspecified atom stereocenters. The molecule has 136 valence electrons. The van der Waals surface area contributed by atoms with Crippen LogP contribution in [0.5, 0.6) is 0 Å². The third-order valence-corrected chi connectivity index (χ3v) is 5.77. The second kappa shape index (κ2) is 6.13. The van der Waals surface area contributed by atoms with Crippen LogP contribution in [0.3, 0.4) is 0 Å². The zero-order valence-electron chi connectivity index (χ0n) is 16.4. The Kier molecular flexibility index (Phi) is 3.70. The Morgan fingerprint density at radius 1 is 0.643 bits per heavy atom. The molecule has 0 radical (unpaired) electrons. The SMILES string of the molecule is Cc1cc(-c2ccc3c(c2)C(C)(C)c2ccccc2-3)nc(-c2ccccc2)n1. The highest BCUT2D eigenvalue weighted by atomic mass is 14.9. The maximum Gasteiger partial charge on any atom is 0.160 e. The van der Waals surface area contributed by atoms with Gasteiger partial charge in [0.05, 0.1) is 5.69 Å². The number of aryl methyl sites for hydroxylation is 1. The van der Waals surface area contributed by atoms with Gasteiger partial charge in [0.25, 0.3) is 0 Å². The van der Waals surface area contributed by atoms with Gasteiger partial charge in [-0.1, -0.05) is 80.6 Å². The fourth-order valence-corrected chi connectivity index (χ4v) is 4.30. The van der Waals surface area contributed by atoms with Gasteiger partial charge in [0, 0.05) is 22.2 Å². The van der Waals surface area contributed by atoms with Crippen LogP contribution in [0.1, 0.15) is 30.7 Å². The second-order valence-electron chi connectivity index (χ2n) is 8.02. The normalized spacial score (nSPS) is 13.8. The molecule has 1 heterocycles. The molecule has 0 N–H and O–H groups in total. The second-order valence-corrected chi connectivity index (χ2v) is 8.02. The summed E-state index contributed by atoms with van der Waals surface area (Å²) in [5.74, 6) is 0.777. The molecule has 0 atom stereocenters. The predicted molar refractivity (Wildman–Crippen MR) is 115 cm³/mol. The highest BCUT2D eigenvalue weighted by Crippen LogP contribution is 2.49. The van der Waals surface area contributed by atoms with Gasteiger partial charge in [0.2, 0.25) is 0 Å². The summed E-state index contributed by atoms with van der Waals surface area (Å²) in [7, 11) is 0. The Bertz CT molecular complexity index is 1190. The van der Waals surface area contributed by atoms with E-state index >= 15 is 0 Å². The van der Waals surface area contributed by atoms with Gasteiger partial charge in [-0.05, 0) is 41.3 Å². The van der Waals surface area contributed by atoms with E-state index in [9.17, 15) is 0 Å².